The maximum atomic E-state index is 12.5. The Kier molecular flexibility index (Phi) is 4.81. The zero-order valence-corrected chi connectivity index (χ0v) is 15.1. The Bertz CT molecular complexity index is 1060. The smallest absolute Gasteiger partial charge is 0.276 e. The molecule has 1 heterocycles. The molecule has 0 bridgehead atoms. The summed E-state index contributed by atoms with van der Waals surface area (Å²) in [5.74, 6) is -0.351. The largest absolute Gasteiger partial charge is 0.321 e. The van der Waals surface area contributed by atoms with Crippen molar-refractivity contribution in [1.29, 1.82) is 0 Å². The summed E-state index contributed by atoms with van der Waals surface area (Å²) in [5, 5.41) is 2.79. The molecule has 0 saturated heterocycles. The van der Waals surface area contributed by atoms with Crippen LogP contribution in [0.4, 0.5) is 5.69 Å². The van der Waals surface area contributed by atoms with Gasteiger partial charge in [0.05, 0.1) is 22.5 Å². The van der Waals surface area contributed by atoms with Crippen LogP contribution >= 0.6 is 0 Å². The minimum Gasteiger partial charge on any atom is -0.321 e. The fraction of sp³-hybridized carbons (Fsp3) is 0.105. The van der Waals surface area contributed by atoms with Crippen molar-refractivity contribution in [2.45, 2.75) is 11.8 Å². The lowest BCUT2D eigenvalue weighted by atomic mass is 10.1. The Balaban J connectivity index is 0.00000196. The lowest BCUT2D eigenvalue weighted by Gasteiger charge is -2.09. The van der Waals surface area contributed by atoms with Crippen LogP contribution in [0, 0.1) is 6.92 Å². The van der Waals surface area contributed by atoms with Crippen molar-refractivity contribution in [3.8, 4) is 11.3 Å². The molecular weight excluding hydrogens is 350 g/mol. The van der Waals surface area contributed by atoms with Crippen LogP contribution in [0.3, 0.4) is 0 Å². The maximum Gasteiger partial charge on any atom is 0.276 e. The molecule has 0 atom stereocenters. The second-order valence-corrected chi connectivity index (χ2v) is 7.82. The first-order chi connectivity index (χ1) is 12.3. The number of anilines is 1. The molecule has 0 unspecified atom stereocenters. The summed E-state index contributed by atoms with van der Waals surface area (Å²) < 4.78 is 23.1. The third-order valence-electron chi connectivity index (χ3n) is 3.78. The van der Waals surface area contributed by atoms with Gasteiger partial charge in [-0.15, -0.1) is 0 Å². The summed E-state index contributed by atoms with van der Waals surface area (Å²) >= 11 is 0. The van der Waals surface area contributed by atoms with Gasteiger partial charge in [-0.1, -0.05) is 30.3 Å². The van der Waals surface area contributed by atoms with Crippen molar-refractivity contribution in [3.05, 3.63) is 72.2 Å². The van der Waals surface area contributed by atoms with E-state index in [4.69, 9.17) is 0 Å². The maximum absolute atomic E-state index is 12.5. The quantitative estimate of drug-likeness (QED) is 0.757. The van der Waals surface area contributed by atoms with Crippen LogP contribution in [0.5, 0.6) is 0 Å². The molecular formula is C19H21N3O3S. The minimum atomic E-state index is -3.26. The van der Waals surface area contributed by atoms with Crippen molar-refractivity contribution >= 4 is 21.4 Å². The molecule has 6 nitrogen and oxygen atoms in total. The number of nitrogens with one attached hydrogen (secondary N) is 1. The number of hydrogen-bond donors (Lipinski definition) is 1. The van der Waals surface area contributed by atoms with E-state index in [1.165, 1.54) is 12.1 Å². The van der Waals surface area contributed by atoms with Crippen LogP contribution in [0.1, 0.15) is 19.0 Å². The predicted molar refractivity (Wildman–Crippen MR) is 104 cm³/mol. The summed E-state index contributed by atoms with van der Waals surface area (Å²) in [4.78, 5) is 21.4. The van der Waals surface area contributed by atoms with E-state index in [1.807, 2.05) is 18.2 Å². The van der Waals surface area contributed by atoms with Gasteiger partial charge in [0.2, 0.25) is 0 Å². The van der Waals surface area contributed by atoms with E-state index in [9.17, 15) is 13.2 Å². The molecule has 136 valence electrons. The van der Waals surface area contributed by atoms with Crippen LogP contribution in [-0.2, 0) is 9.84 Å². The highest BCUT2D eigenvalue weighted by molar-refractivity contribution is 7.90. The standard InChI is InChI=1S/C19H17N3O3S.2H2/c1-13-18(19(23)21-15-6-4-3-5-7-15)22-17(12-20-13)14-8-10-16(11-9-14)26(2,24)25;;/h3-12H,1-2H3,(H,21,23);2*1H. The monoisotopic (exact) mass is 371 g/mol. The first kappa shape index (κ1) is 17.8. The van der Waals surface area contributed by atoms with Gasteiger partial charge in [0.25, 0.3) is 5.91 Å². The van der Waals surface area contributed by atoms with E-state index < -0.39 is 9.84 Å². The molecule has 0 radical (unpaired) electrons. The lowest BCUT2D eigenvalue weighted by molar-refractivity contribution is 0.102. The second-order valence-electron chi connectivity index (χ2n) is 5.81. The highest BCUT2D eigenvalue weighted by atomic mass is 32.2. The Hall–Kier alpha value is -3.06. The SMILES string of the molecule is Cc1ncc(-c2ccc(S(C)(=O)=O)cc2)nc1C(=O)Nc1ccccc1.[HH].[HH]. The Labute approximate surface area is 154 Å². The number of hydrogen-bond acceptors (Lipinski definition) is 5. The van der Waals surface area contributed by atoms with E-state index in [0.717, 1.165) is 6.26 Å². The first-order valence-corrected chi connectivity index (χ1v) is 9.74. The van der Waals surface area contributed by atoms with Gasteiger partial charge >= 0.3 is 0 Å². The van der Waals surface area contributed by atoms with Crippen LogP contribution in [0.25, 0.3) is 11.3 Å². The van der Waals surface area contributed by atoms with Crippen molar-refractivity contribution in [1.82, 2.24) is 9.97 Å². The molecule has 1 aromatic heterocycles. The van der Waals surface area contributed by atoms with Crippen molar-refractivity contribution < 1.29 is 16.1 Å². The van der Waals surface area contributed by atoms with Crippen molar-refractivity contribution in [3.63, 3.8) is 0 Å². The first-order valence-electron chi connectivity index (χ1n) is 7.85. The number of carbonyl (C=O) groups is 1. The van der Waals surface area contributed by atoms with Crippen molar-refractivity contribution in [2.24, 2.45) is 0 Å². The summed E-state index contributed by atoms with van der Waals surface area (Å²) in [7, 11) is -3.26. The summed E-state index contributed by atoms with van der Waals surface area (Å²) in [6.45, 7) is 1.71. The summed E-state index contributed by atoms with van der Waals surface area (Å²) in [6, 6.07) is 15.4. The third kappa shape index (κ3) is 3.94. The number of benzene rings is 2. The number of para-hydroxylation sites is 1. The van der Waals surface area contributed by atoms with Gasteiger partial charge < -0.3 is 5.32 Å². The average molecular weight is 371 g/mol. The van der Waals surface area contributed by atoms with Gasteiger partial charge in [-0.3, -0.25) is 9.78 Å². The van der Waals surface area contributed by atoms with E-state index in [1.54, 1.807) is 37.4 Å². The van der Waals surface area contributed by atoms with E-state index in [0.29, 0.717) is 22.6 Å². The highest BCUT2D eigenvalue weighted by Crippen LogP contribution is 2.20. The third-order valence-corrected chi connectivity index (χ3v) is 4.91. The Morgan fingerprint density at radius 2 is 1.69 bits per heavy atom. The van der Waals surface area contributed by atoms with Gasteiger partial charge in [-0.2, -0.15) is 0 Å². The number of rotatable bonds is 4. The fourth-order valence-electron chi connectivity index (χ4n) is 2.39. The zero-order valence-electron chi connectivity index (χ0n) is 14.3. The number of amides is 1. The summed E-state index contributed by atoms with van der Waals surface area (Å²) in [5.41, 5.74) is 2.57. The van der Waals surface area contributed by atoms with Gasteiger partial charge in [-0.05, 0) is 31.2 Å². The molecule has 1 N–H and O–H groups in total. The van der Waals surface area contributed by atoms with Crippen LogP contribution in [0.15, 0.2) is 65.7 Å². The molecule has 0 fully saturated rings. The molecule has 0 aliphatic rings. The molecule has 0 aliphatic carbocycles. The number of sulfone groups is 1. The molecule has 3 rings (SSSR count). The molecule has 2 aromatic carbocycles. The minimum absolute atomic E-state index is 0. The molecule has 26 heavy (non-hydrogen) atoms. The van der Waals surface area contributed by atoms with Crippen molar-refractivity contribution in [2.75, 3.05) is 11.6 Å². The normalized spacial score (nSPS) is 11.2. The van der Waals surface area contributed by atoms with Gasteiger partial charge in [0.1, 0.15) is 5.69 Å². The molecule has 0 aliphatic heterocycles. The Morgan fingerprint density at radius 1 is 1.04 bits per heavy atom. The van der Waals surface area contributed by atoms with E-state index in [2.05, 4.69) is 15.3 Å². The number of carbonyl (C=O) groups excluding carboxylic acids is 1. The zero-order chi connectivity index (χ0) is 18.7. The molecule has 0 saturated carbocycles. The van der Waals surface area contributed by atoms with Crippen LogP contribution in [-0.4, -0.2) is 30.5 Å². The lowest BCUT2D eigenvalue weighted by Crippen LogP contribution is -2.16. The van der Waals surface area contributed by atoms with Crippen LogP contribution < -0.4 is 5.32 Å². The van der Waals surface area contributed by atoms with Gasteiger partial charge in [0, 0.05) is 20.4 Å². The topological polar surface area (TPSA) is 89.0 Å². The molecule has 3 aromatic rings. The van der Waals surface area contributed by atoms with Crippen LogP contribution in [0.2, 0.25) is 0 Å². The number of nitrogens with zero attached hydrogens (tertiary/aromatic N) is 2. The molecule has 7 heteroatoms. The fourth-order valence-corrected chi connectivity index (χ4v) is 3.02. The van der Waals surface area contributed by atoms with E-state index >= 15 is 0 Å². The van der Waals surface area contributed by atoms with E-state index in [-0.39, 0.29) is 19.3 Å². The summed E-state index contributed by atoms with van der Waals surface area (Å²) in [6.07, 6.45) is 2.71. The second kappa shape index (κ2) is 7.05. The number of aryl methyl sites for hydroxylation is 1. The average Bonchev–Trinajstić information content (AvgIpc) is 2.62. The van der Waals surface area contributed by atoms with Gasteiger partial charge in [-0.25, -0.2) is 13.4 Å². The highest BCUT2D eigenvalue weighted by Gasteiger charge is 2.15. The predicted octanol–water partition coefficient (Wildman–Crippen LogP) is 3.60. The van der Waals surface area contributed by atoms with Gasteiger partial charge in [0.15, 0.2) is 9.84 Å². The molecule has 0 spiro atoms. The molecule has 1 amide bonds. The number of aromatic nitrogens is 2. The Morgan fingerprint density at radius 3 is 2.31 bits per heavy atom.